The van der Waals surface area contributed by atoms with Gasteiger partial charge in [0.1, 0.15) is 12.4 Å². The molecule has 0 radical (unpaired) electrons. The molecule has 0 spiro atoms. The maximum atomic E-state index is 11.3. The summed E-state index contributed by atoms with van der Waals surface area (Å²) in [5.41, 5.74) is 1.62. The average Bonchev–Trinajstić information content (AvgIpc) is 2.90. The third kappa shape index (κ3) is 1.66. The van der Waals surface area contributed by atoms with E-state index in [1.807, 2.05) is 12.1 Å². The lowest BCUT2D eigenvalue weighted by molar-refractivity contribution is 0.0535. The molecule has 16 heavy (non-hydrogen) atoms. The third-order valence-electron chi connectivity index (χ3n) is 3.26. The van der Waals surface area contributed by atoms with Gasteiger partial charge in [-0.25, -0.2) is 4.79 Å². The fourth-order valence-electron chi connectivity index (χ4n) is 2.38. The fraction of sp³-hybridized carbons (Fsp3) is 0.462. The van der Waals surface area contributed by atoms with E-state index >= 15 is 0 Å². The van der Waals surface area contributed by atoms with E-state index in [9.17, 15) is 4.79 Å². The van der Waals surface area contributed by atoms with Crippen molar-refractivity contribution in [1.29, 1.82) is 0 Å². The molecular weight excluding hydrogens is 204 g/mol. The van der Waals surface area contributed by atoms with E-state index in [1.54, 1.807) is 6.07 Å². The smallest absolute Gasteiger partial charge is 0.338 e. The van der Waals surface area contributed by atoms with E-state index in [-0.39, 0.29) is 5.97 Å². The number of carbonyl (C=O) groups is 1. The highest BCUT2D eigenvalue weighted by Gasteiger charge is 2.22. The van der Waals surface area contributed by atoms with E-state index < -0.39 is 0 Å². The lowest BCUT2D eigenvalue weighted by atomic mass is 10.1. The summed E-state index contributed by atoms with van der Waals surface area (Å²) in [7, 11) is 0. The van der Waals surface area contributed by atoms with Crippen LogP contribution in [0.15, 0.2) is 18.2 Å². The summed E-state index contributed by atoms with van der Waals surface area (Å²) in [6.07, 6.45) is 5.17. The zero-order valence-electron chi connectivity index (χ0n) is 9.07. The van der Waals surface area contributed by atoms with E-state index in [4.69, 9.17) is 9.47 Å². The van der Waals surface area contributed by atoms with Gasteiger partial charge in [0.25, 0.3) is 0 Å². The molecule has 0 amide bonds. The summed E-state index contributed by atoms with van der Waals surface area (Å²) >= 11 is 0. The molecule has 0 atom stereocenters. The van der Waals surface area contributed by atoms with Crippen molar-refractivity contribution in [3.63, 3.8) is 0 Å². The van der Waals surface area contributed by atoms with Gasteiger partial charge in [0.05, 0.1) is 11.7 Å². The average molecular weight is 218 g/mol. The van der Waals surface area contributed by atoms with E-state index in [1.165, 1.54) is 12.8 Å². The Balaban J connectivity index is 1.79. The number of carbonyl (C=O) groups excluding carboxylic acids is 1. The van der Waals surface area contributed by atoms with Crippen molar-refractivity contribution in [2.45, 2.75) is 38.4 Å². The number of hydrogen-bond donors (Lipinski definition) is 0. The molecule has 1 aromatic rings. The molecule has 0 N–H and O–H groups in total. The second-order valence-corrected chi connectivity index (χ2v) is 4.42. The number of rotatable bonds is 2. The van der Waals surface area contributed by atoms with Gasteiger partial charge in [0, 0.05) is 5.56 Å². The molecule has 0 unspecified atom stereocenters. The molecule has 84 valence electrons. The van der Waals surface area contributed by atoms with Crippen molar-refractivity contribution in [2.24, 2.45) is 0 Å². The van der Waals surface area contributed by atoms with Crippen LogP contribution in [0.5, 0.6) is 5.75 Å². The maximum Gasteiger partial charge on any atom is 0.338 e. The zero-order valence-corrected chi connectivity index (χ0v) is 9.07. The quantitative estimate of drug-likeness (QED) is 0.716. The SMILES string of the molecule is O=C1OCc2cc(OC3CCCC3)ccc21. The second-order valence-electron chi connectivity index (χ2n) is 4.42. The molecule has 0 saturated heterocycles. The Morgan fingerprint density at radius 3 is 2.88 bits per heavy atom. The molecule has 1 saturated carbocycles. The van der Waals surface area contributed by atoms with Gasteiger partial charge in [-0.1, -0.05) is 0 Å². The summed E-state index contributed by atoms with van der Waals surface area (Å²) in [6.45, 7) is 0.385. The van der Waals surface area contributed by atoms with Crippen molar-refractivity contribution < 1.29 is 14.3 Å². The first-order chi connectivity index (χ1) is 7.83. The Labute approximate surface area is 94.4 Å². The van der Waals surface area contributed by atoms with Gasteiger partial charge < -0.3 is 9.47 Å². The van der Waals surface area contributed by atoms with Crippen molar-refractivity contribution in [2.75, 3.05) is 0 Å². The van der Waals surface area contributed by atoms with Crippen LogP contribution in [0.1, 0.15) is 41.6 Å². The molecule has 1 aliphatic carbocycles. The predicted octanol–water partition coefficient (Wildman–Crippen LogP) is 2.68. The van der Waals surface area contributed by atoms with Gasteiger partial charge in [-0.15, -0.1) is 0 Å². The molecule has 3 rings (SSSR count). The van der Waals surface area contributed by atoms with Crippen LogP contribution in [-0.2, 0) is 11.3 Å². The molecular formula is C13H14O3. The van der Waals surface area contributed by atoms with E-state index in [2.05, 4.69) is 0 Å². The van der Waals surface area contributed by atoms with Gasteiger partial charge in [-0.3, -0.25) is 0 Å². The van der Waals surface area contributed by atoms with Crippen LogP contribution in [0.25, 0.3) is 0 Å². The minimum atomic E-state index is -0.220. The molecule has 0 bridgehead atoms. The van der Waals surface area contributed by atoms with Crippen LogP contribution < -0.4 is 4.74 Å². The topological polar surface area (TPSA) is 35.5 Å². The number of fused-ring (bicyclic) bond motifs is 1. The van der Waals surface area contributed by atoms with Crippen LogP contribution >= 0.6 is 0 Å². The fourth-order valence-corrected chi connectivity index (χ4v) is 2.38. The van der Waals surface area contributed by atoms with E-state index in [0.717, 1.165) is 24.2 Å². The van der Waals surface area contributed by atoms with Gasteiger partial charge in [0.2, 0.25) is 0 Å². The van der Waals surface area contributed by atoms with Gasteiger partial charge in [-0.2, -0.15) is 0 Å². The Morgan fingerprint density at radius 1 is 1.25 bits per heavy atom. The molecule has 1 aromatic carbocycles. The normalized spacial score (nSPS) is 19.6. The minimum Gasteiger partial charge on any atom is -0.490 e. The number of ether oxygens (including phenoxy) is 2. The minimum absolute atomic E-state index is 0.220. The summed E-state index contributed by atoms with van der Waals surface area (Å²) in [5.74, 6) is 0.645. The molecule has 2 aliphatic rings. The van der Waals surface area contributed by atoms with Crippen LogP contribution in [0.4, 0.5) is 0 Å². The molecule has 1 heterocycles. The Bertz CT molecular complexity index is 419. The monoisotopic (exact) mass is 218 g/mol. The van der Waals surface area contributed by atoms with Crippen LogP contribution in [-0.4, -0.2) is 12.1 Å². The number of esters is 1. The molecule has 3 nitrogen and oxygen atoms in total. The van der Waals surface area contributed by atoms with E-state index in [0.29, 0.717) is 18.3 Å². The van der Waals surface area contributed by atoms with Crippen LogP contribution in [0.2, 0.25) is 0 Å². The third-order valence-corrected chi connectivity index (χ3v) is 3.26. The van der Waals surface area contributed by atoms with Crippen LogP contribution in [0.3, 0.4) is 0 Å². The first kappa shape index (κ1) is 9.70. The Hall–Kier alpha value is -1.51. The molecule has 1 aliphatic heterocycles. The van der Waals surface area contributed by atoms with Gasteiger partial charge in [-0.05, 0) is 43.9 Å². The van der Waals surface area contributed by atoms with Gasteiger partial charge >= 0.3 is 5.97 Å². The van der Waals surface area contributed by atoms with Crippen molar-refractivity contribution in [3.8, 4) is 5.75 Å². The summed E-state index contributed by atoms with van der Waals surface area (Å²) in [6, 6.07) is 5.59. The summed E-state index contributed by atoms with van der Waals surface area (Å²) < 4.78 is 10.8. The largest absolute Gasteiger partial charge is 0.490 e. The van der Waals surface area contributed by atoms with Gasteiger partial charge in [0.15, 0.2) is 0 Å². The Kier molecular flexibility index (Phi) is 2.31. The number of cyclic esters (lactones) is 1. The zero-order chi connectivity index (χ0) is 11.0. The maximum absolute atomic E-state index is 11.3. The molecule has 1 fully saturated rings. The lowest BCUT2D eigenvalue weighted by Crippen LogP contribution is -2.10. The van der Waals surface area contributed by atoms with Crippen molar-refractivity contribution >= 4 is 5.97 Å². The summed E-state index contributed by atoms with van der Waals surface area (Å²) in [4.78, 5) is 11.3. The predicted molar refractivity (Wildman–Crippen MR) is 58.4 cm³/mol. The number of hydrogen-bond acceptors (Lipinski definition) is 3. The highest BCUT2D eigenvalue weighted by molar-refractivity contribution is 5.93. The number of benzene rings is 1. The van der Waals surface area contributed by atoms with Crippen molar-refractivity contribution in [1.82, 2.24) is 0 Å². The van der Waals surface area contributed by atoms with Crippen LogP contribution in [0, 0.1) is 0 Å². The Morgan fingerprint density at radius 2 is 2.06 bits per heavy atom. The molecule has 3 heteroatoms. The van der Waals surface area contributed by atoms with Crippen molar-refractivity contribution in [3.05, 3.63) is 29.3 Å². The summed E-state index contributed by atoms with van der Waals surface area (Å²) in [5, 5.41) is 0. The first-order valence-electron chi connectivity index (χ1n) is 5.79. The highest BCUT2D eigenvalue weighted by atomic mass is 16.5. The lowest BCUT2D eigenvalue weighted by Gasteiger charge is -2.13. The highest BCUT2D eigenvalue weighted by Crippen LogP contribution is 2.28. The second kappa shape index (κ2) is 3.81. The molecule has 0 aromatic heterocycles. The standard InChI is InChI=1S/C13H14O3/c14-13-12-6-5-11(7-9(12)8-15-13)16-10-3-1-2-4-10/h5-7,10H,1-4,8H2. The first-order valence-corrected chi connectivity index (χ1v) is 5.79.